The Morgan fingerprint density at radius 3 is 2.75 bits per heavy atom. The number of aromatic nitrogens is 2. The molecule has 0 unspecified atom stereocenters. The van der Waals surface area contributed by atoms with Crippen LogP contribution in [0.1, 0.15) is 22.8 Å². The van der Waals surface area contributed by atoms with Crippen LogP contribution in [0.15, 0.2) is 53.1 Å². The van der Waals surface area contributed by atoms with Gasteiger partial charge in [-0.25, -0.2) is 0 Å². The van der Waals surface area contributed by atoms with Crippen molar-refractivity contribution in [1.29, 1.82) is 0 Å². The molecule has 142 valence electrons. The Morgan fingerprint density at radius 1 is 1.18 bits per heavy atom. The molecule has 0 aliphatic rings. The second-order valence-corrected chi connectivity index (χ2v) is 7.89. The Kier molecular flexibility index (Phi) is 5.41. The standard InChI is InChI=1S/C21H17ClN2O3S/c1-13-6-8-14(9-7-13)21-23-18(27-24-21)10-11-19(25)26-12-17-20(22)15-4-2-3-5-16(15)28-17/h2-9H,10-12H2,1H3. The molecule has 0 radical (unpaired) electrons. The number of carbonyl (C=O) groups is 1. The first-order valence-corrected chi connectivity index (χ1v) is 10.0. The Bertz CT molecular complexity index is 1120. The van der Waals surface area contributed by atoms with Crippen molar-refractivity contribution in [3.63, 3.8) is 0 Å². The van der Waals surface area contributed by atoms with Crippen molar-refractivity contribution >= 4 is 39.0 Å². The molecule has 0 amide bonds. The van der Waals surface area contributed by atoms with Crippen molar-refractivity contribution in [3.05, 3.63) is 69.9 Å². The summed E-state index contributed by atoms with van der Waals surface area (Å²) in [6.07, 6.45) is 0.496. The van der Waals surface area contributed by atoms with E-state index in [4.69, 9.17) is 20.9 Å². The van der Waals surface area contributed by atoms with E-state index in [0.29, 0.717) is 23.2 Å². The van der Waals surface area contributed by atoms with Gasteiger partial charge in [0.1, 0.15) is 6.61 Å². The van der Waals surface area contributed by atoms with Gasteiger partial charge in [-0.2, -0.15) is 4.98 Å². The maximum Gasteiger partial charge on any atom is 0.306 e. The van der Waals surface area contributed by atoms with Crippen LogP contribution in [-0.4, -0.2) is 16.1 Å². The lowest BCUT2D eigenvalue weighted by Crippen LogP contribution is -2.05. The van der Waals surface area contributed by atoms with Gasteiger partial charge in [-0.3, -0.25) is 4.79 Å². The quantitative estimate of drug-likeness (QED) is 0.386. The molecule has 0 aliphatic carbocycles. The number of aryl methyl sites for hydroxylation is 2. The van der Waals surface area contributed by atoms with Gasteiger partial charge in [0.2, 0.25) is 11.7 Å². The predicted octanol–water partition coefficient (Wildman–Crippen LogP) is 5.59. The topological polar surface area (TPSA) is 65.2 Å². The smallest absolute Gasteiger partial charge is 0.306 e. The maximum atomic E-state index is 12.1. The molecule has 0 fully saturated rings. The molecule has 2 heterocycles. The molecule has 0 N–H and O–H groups in total. The highest BCUT2D eigenvalue weighted by atomic mass is 35.5. The summed E-state index contributed by atoms with van der Waals surface area (Å²) in [5, 5.41) is 5.60. The van der Waals surface area contributed by atoms with Crippen LogP contribution in [0, 0.1) is 6.92 Å². The number of ether oxygens (including phenoxy) is 1. The van der Waals surface area contributed by atoms with E-state index in [1.54, 1.807) is 0 Å². The number of benzene rings is 2. The number of rotatable bonds is 6. The molecule has 0 atom stereocenters. The second kappa shape index (κ2) is 8.12. The average molecular weight is 413 g/mol. The number of nitrogens with zero attached hydrogens (tertiary/aromatic N) is 2. The van der Waals surface area contributed by atoms with Crippen molar-refractivity contribution in [3.8, 4) is 11.4 Å². The molecule has 0 saturated carbocycles. The van der Waals surface area contributed by atoms with Crippen molar-refractivity contribution < 1.29 is 14.1 Å². The molecule has 4 rings (SSSR count). The van der Waals surface area contributed by atoms with Gasteiger partial charge in [-0.15, -0.1) is 11.3 Å². The Labute approximate surface area is 170 Å². The molecule has 7 heteroatoms. The summed E-state index contributed by atoms with van der Waals surface area (Å²) in [6, 6.07) is 15.7. The second-order valence-electron chi connectivity index (χ2n) is 6.37. The zero-order valence-corrected chi connectivity index (χ0v) is 16.7. The van der Waals surface area contributed by atoms with E-state index in [1.165, 1.54) is 11.3 Å². The van der Waals surface area contributed by atoms with Gasteiger partial charge < -0.3 is 9.26 Å². The zero-order valence-electron chi connectivity index (χ0n) is 15.1. The van der Waals surface area contributed by atoms with E-state index in [-0.39, 0.29) is 19.0 Å². The lowest BCUT2D eigenvalue weighted by Gasteiger charge is -2.02. The minimum Gasteiger partial charge on any atom is -0.460 e. The van der Waals surface area contributed by atoms with Crippen LogP contribution >= 0.6 is 22.9 Å². The highest BCUT2D eigenvalue weighted by molar-refractivity contribution is 7.19. The minimum absolute atomic E-state index is 0.162. The summed E-state index contributed by atoms with van der Waals surface area (Å²) < 4.78 is 11.7. The molecule has 2 aromatic heterocycles. The van der Waals surface area contributed by atoms with Crippen LogP contribution in [-0.2, 0) is 22.6 Å². The van der Waals surface area contributed by atoms with Crippen molar-refractivity contribution in [2.24, 2.45) is 0 Å². The summed E-state index contributed by atoms with van der Waals surface area (Å²) in [4.78, 5) is 17.3. The molecule has 0 bridgehead atoms. The predicted molar refractivity (Wildman–Crippen MR) is 109 cm³/mol. The first-order valence-electron chi connectivity index (χ1n) is 8.81. The molecule has 0 spiro atoms. The van der Waals surface area contributed by atoms with E-state index in [9.17, 15) is 4.79 Å². The van der Waals surface area contributed by atoms with Crippen LogP contribution in [0.2, 0.25) is 5.02 Å². The van der Waals surface area contributed by atoms with E-state index in [0.717, 1.165) is 26.1 Å². The molecule has 4 aromatic rings. The molecular weight excluding hydrogens is 396 g/mol. The highest BCUT2D eigenvalue weighted by Crippen LogP contribution is 2.35. The number of hydrogen-bond acceptors (Lipinski definition) is 6. The zero-order chi connectivity index (χ0) is 19.5. The number of hydrogen-bond donors (Lipinski definition) is 0. The van der Waals surface area contributed by atoms with E-state index < -0.39 is 0 Å². The van der Waals surface area contributed by atoms with Crippen molar-refractivity contribution in [2.75, 3.05) is 0 Å². The van der Waals surface area contributed by atoms with Gasteiger partial charge in [-0.1, -0.05) is 64.8 Å². The SMILES string of the molecule is Cc1ccc(-c2noc(CCC(=O)OCc3sc4ccccc4c3Cl)n2)cc1. The van der Waals surface area contributed by atoms with E-state index in [1.807, 2.05) is 55.5 Å². The van der Waals surface area contributed by atoms with E-state index in [2.05, 4.69) is 10.1 Å². The third kappa shape index (κ3) is 4.08. The summed E-state index contributed by atoms with van der Waals surface area (Å²) >= 11 is 7.90. The Balaban J connectivity index is 1.32. The normalized spacial score (nSPS) is 11.1. The lowest BCUT2D eigenvalue weighted by molar-refractivity contribution is -0.144. The molecule has 0 saturated heterocycles. The first-order chi connectivity index (χ1) is 13.6. The number of thiophene rings is 1. The summed E-state index contributed by atoms with van der Waals surface area (Å²) in [5.74, 6) is 0.594. The van der Waals surface area contributed by atoms with Crippen molar-refractivity contribution in [1.82, 2.24) is 10.1 Å². The number of carbonyl (C=O) groups excluding carboxylic acids is 1. The van der Waals surface area contributed by atoms with E-state index >= 15 is 0 Å². The number of esters is 1. The lowest BCUT2D eigenvalue weighted by atomic mass is 10.1. The third-order valence-corrected chi connectivity index (χ3v) is 5.97. The molecule has 0 aliphatic heterocycles. The van der Waals surface area contributed by atoms with Gasteiger partial charge in [0.05, 0.1) is 16.3 Å². The number of fused-ring (bicyclic) bond motifs is 1. The van der Waals surface area contributed by atoms with Gasteiger partial charge >= 0.3 is 5.97 Å². The Morgan fingerprint density at radius 2 is 1.96 bits per heavy atom. The fraction of sp³-hybridized carbons (Fsp3) is 0.190. The maximum absolute atomic E-state index is 12.1. The number of halogens is 1. The van der Waals surface area contributed by atoms with Gasteiger partial charge in [0.25, 0.3) is 0 Å². The fourth-order valence-corrected chi connectivity index (χ4v) is 4.16. The van der Waals surface area contributed by atoms with Gasteiger partial charge in [0.15, 0.2) is 0 Å². The average Bonchev–Trinajstić information content (AvgIpc) is 3.30. The third-order valence-electron chi connectivity index (χ3n) is 4.29. The monoisotopic (exact) mass is 412 g/mol. The van der Waals surface area contributed by atoms with Crippen LogP contribution in [0.5, 0.6) is 0 Å². The summed E-state index contributed by atoms with van der Waals surface area (Å²) in [5.41, 5.74) is 2.04. The highest BCUT2D eigenvalue weighted by Gasteiger charge is 2.14. The van der Waals surface area contributed by atoms with Gasteiger partial charge in [-0.05, 0) is 13.0 Å². The Hall–Kier alpha value is -2.70. The first kappa shape index (κ1) is 18.7. The van der Waals surface area contributed by atoms with Crippen molar-refractivity contribution in [2.45, 2.75) is 26.4 Å². The fourth-order valence-electron chi connectivity index (χ4n) is 2.76. The molecule has 28 heavy (non-hydrogen) atoms. The molecule has 2 aromatic carbocycles. The van der Waals surface area contributed by atoms with Gasteiger partial charge in [0, 0.05) is 22.1 Å². The van der Waals surface area contributed by atoms with Crippen LogP contribution in [0.25, 0.3) is 21.5 Å². The largest absolute Gasteiger partial charge is 0.460 e. The molecule has 5 nitrogen and oxygen atoms in total. The minimum atomic E-state index is -0.330. The van der Waals surface area contributed by atoms with Crippen LogP contribution < -0.4 is 0 Å². The van der Waals surface area contributed by atoms with Crippen LogP contribution in [0.3, 0.4) is 0 Å². The van der Waals surface area contributed by atoms with Crippen LogP contribution in [0.4, 0.5) is 0 Å². The molecular formula is C21H17ClN2O3S. The summed E-state index contributed by atoms with van der Waals surface area (Å²) in [7, 11) is 0. The summed E-state index contributed by atoms with van der Waals surface area (Å²) in [6.45, 7) is 2.18.